The van der Waals surface area contributed by atoms with E-state index in [-0.39, 0.29) is 0 Å². The number of hydrogen-bond acceptors (Lipinski definition) is 5. The number of rotatable bonds is 7. The quantitative estimate of drug-likeness (QED) is 0.605. The van der Waals surface area contributed by atoms with Gasteiger partial charge in [-0.05, 0) is 25.8 Å². The fourth-order valence-corrected chi connectivity index (χ4v) is 3.41. The number of nitrogens with one attached hydrogen (secondary N) is 1. The summed E-state index contributed by atoms with van der Waals surface area (Å²) >= 11 is 12.2. The van der Waals surface area contributed by atoms with Gasteiger partial charge in [0, 0.05) is 30.9 Å². The summed E-state index contributed by atoms with van der Waals surface area (Å²) in [6.07, 6.45) is 5.43. The van der Waals surface area contributed by atoms with E-state index < -0.39 is 0 Å². The molecule has 1 N–H and O–H groups in total. The van der Waals surface area contributed by atoms with Crippen LogP contribution in [0.5, 0.6) is 0 Å². The van der Waals surface area contributed by atoms with Gasteiger partial charge in [0.05, 0.1) is 16.2 Å². The standard InChI is InChI=1S/C18H22Cl2N6/c1-4-8-25(9-5-2)18-12(3)16(23-15-6-7-22-26(15)18)24-17-14(20)10-13(19)11-21-17/h6-7,10-11H,4-5,8-9H2,1-3H3,(H,21,23,24). The van der Waals surface area contributed by atoms with Gasteiger partial charge in [-0.3, -0.25) is 0 Å². The van der Waals surface area contributed by atoms with Crippen LogP contribution in [0.25, 0.3) is 5.65 Å². The molecular weight excluding hydrogens is 371 g/mol. The smallest absolute Gasteiger partial charge is 0.159 e. The Morgan fingerprint density at radius 2 is 1.88 bits per heavy atom. The molecule has 8 heteroatoms. The van der Waals surface area contributed by atoms with Crippen molar-refractivity contribution in [2.75, 3.05) is 23.3 Å². The highest BCUT2D eigenvalue weighted by Crippen LogP contribution is 2.31. The van der Waals surface area contributed by atoms with E-state index in [2.05, 4.69) is 39.1 Å². The van der Waals surface area contributed by atoms with Crippen LogP contribution in [-0.4, -0.2) is 32.7 Å². The van der Waals surface area contributed by atoms with Gasteiger partial charge in [0.1, 0.15) is 17.5 Å². The van der Waals surface area contributed by atoms with Crippen molar-refractivity contribution in [1.82, 2.24) is 19.6 Å². The number of nitrogens with zero attached hydrogens (tertiary/aromatic N) is 5. The minimum Gasteiger partial charge on any atom is -0.356 e. The van der Waals surface area contributed by atoms with Gasteiger partial charge in [0.2, 0.25) is 0 Å². The monoisotopic (exact) mass is 392 g/mol. The fraction of sp³-hybridized carbons (Fsp3) is 0.389. The van der Waals surface area contributed by atoms with Crippen molar-refractivity contribution >= 4 is 46.3 Å². The number of hydrogen-bond donors (Lipinski definition) is 1. The summed E-state index contributed by atoms with van der Waals surface area (Å²) in [5.41, 5.74) is 1.77. The lowest BCUT2D eigenvalue weighted by molar-refractivity contribution is 0.712. The molecule has 6 nitrogen and oxygen atoms in total. The lowest BCUT2D eigenvalue weighted by Crippen LogP contribution is -2.28. The first-order valence-electron chi connectivity index (χ1n) is 8.72. The van der Waals surface area contributed by atoms with E-state index in [1.54, 1.807) is 18.5 Å². The summed E-state index contributed by atoms with van der Waals surface area (Å²) in [7, 11) is 0. The van der Waals surface area contributed by atoms with Crippen molar-refractivity contribution in [3.05, 3.63) is 40.1 Å². The van der Waals surface area contributed by atoms with E-state index >= 15 is 0 Å². The molecule has 0 aliphatic carbocycles. The molecule has 0 saturated carbocycles. The highest BCUT2D eigenvalue weighted by atomic mass is 35.5. The molecule has 0 amide bonds. The van der Waals surface area contributed by atoms with Crippen molar-refractivity contribution in [1.29, 1.82) is 0 Å². The third-order valence-corrected chi connectivity index (χ3v) is 4.57. The van der Waals surface area contributed by atoms with Crippen LogP contribution >= 0.6 is 23.2 Å². The lowest BCUT2D eigenvalue weighted by Gasteiger charge is -2.27. The number of fused-ring (bicyclic) bond motifs is 1. The van der Waals surface area contributed by atoms with Crippen LogP contribution in [0.4, 0.5) is 17.5 Å². The molecule has 0 radical (unpaired) electrons. The van der Waals surface area contributed by atoms with Crippen molar-refractivity contribution in [2.45, 2.75) is 33.6 Å². The van der Waals surface area contributed by atoms with Gasteiger partial charge in [-0.1, -0.05) is 37.0 Å². The minimum absolute atomic E-state index is 0.451. The number of halogens is 2. The van der Waals surface area contributed by atoms with Gasteiger partial charge < -0.3 is 10.2 Å². The van der Waals surface area contributed by atoms with Crippen molar-refractivity contribution in [3.8, 4) is 0 Å². The number of anilines is 3. The van der Waals surface area contributed by atoms with Crippen molar-refractivity contribution in [2.24, 2.45) is 0 Å². The highest BCUT2D eigenvalue weighted by molar-refractivity contribution is 6.36. The summed E-state index contributed by atoms with van der Waals surface area (Å²) in [5, 5.41) is 8.66. The van der Waals surface area contributed by atoms with Gasteiger partial charge in [-0.2, -0.15) is 9.61 Å². The van der Waals surface area contributed by atoms with Crippen LogP contribution in [0.2, 0.25) is 10.0 Å². The van der Waals surface area contributed by atoms with Gasteiger partial charge >= 0.3 is 0 Å². The maximum absolute atomic E-state index is 6.27. The van der Waals surface area contributed by atoms with Crippen LogP contribution in [0.1, 0.15) is 32.3 Å². The second kappa shape index (κ2) is 8.10. The summed E-state index contributed by atoms with van der Waals surface area (Å²) in [6, 6.07) is 3.55. The van der Waals surface area contributed by atoms with E-state index in [4.69, 9.17) is 23.2 Å². The number of aromatic nitrogens is 4. The Morgan fingerprint density at radius 3 is 2.54 bits per heavy atom. The van der Waals surface area contributed by atoms with Gasteiger partial charge in [-0.25, -0.2) is 9.97 Å². The first-order valence-corrected chi connectivity index (χ1v) is 9.48. The molecule has 3 rings (SSSR count). The van der Waals surface area contributed by atoms with E-state index in [0.717, 1.165) is 43.0 Å². The molecule has 3 aromatic heterocycles. The summed E-state index contributed by atoms with van der Waals surface area (Å²) in [6.45, 7) is 8.29. The van der Waals surface area contributed by atoms with Crippen LogP contribution < -0.4 is 10.2 Å². The van der Waals surface area contributed by atoms with E-state index in [0.29, 0.717) is 21.7 Å². The molecule has 0 unspecified atom stereocenters. The van der Waals surface area contributed by atoms with Gasteiger partial charge in [0.25, 0.3) is 0 Å². The predicted molar refractivity (Wildman–Crippen MR) is 108 cm³/mol. The summed E-state index contributed by atoms with van der Waals surface area (Å²) in [5.74, 6) is 2.28. The Balaban J connectivity index is 2.10. The molecular formula is C18H22Cl2N6. The molecule has 0 saturated heterocycles. The molecule has 26 heavy (non-hydrogen) atoms. The first kappa shape index (κ1) is 18.7. The molecule has 0 aromatic carbocycles. The predicted octanol–water partition coefficient (Wildman–Crippen LogP) is 5.11. The topological polar surface area (TPSA) is 58.3 Å². The van der Waals surface area contributed by atoms with Crippen LogP contribution in [-0.2, 0) is 0 Å². The molecule has 3 heterocycles. The Labute approximate surface area is 163 Å². The Hall–Kier alpha value is -2.05. The van der Waals surface area contributed by atoms with Gasteiger partial charge in [-0.15, -0.1) is 0 Å². The number of pyridine rings is 1. The molecule has 0 atom stereocenters. The van der Waals surface area contributed by atoms with Crippen molar-refractivity contribution in [3.63, 3.8) is 0 Å². The summed E-state index contributed by atoms with van der Waals surface area (Å²) in [4.78, 5) is 11.3. The van der Waals surface area contributed by atoms with Crippen LogP contribution in [0.15, 0.2) is 24.5 Å². The molecule has 0 aliphatic heterocycles. The van der Waals surface area contributed by atoms with Crippen LogP contribution in [0, 0.1) is 6.92 Å². The lowest BCUT2D eigenvalue weighted by atomic mass is 10.2. The summed E-state index contributed by atoms with van der Waals surface area (Å²) < 4.78 is 1.89. The Morgan fingerprint density at radius 1 is 1.15 bits per heavy atom. The molecule has 0 spiro atoms. The highest BCUT2D eigenvalue weighted by Gasteiger charge is 2.18. The average molecular weight is 393 g/mol. The Bertz CT molecular complexity index is 902. The SMILES string of the molecule is CCCN(CCC)c1c(C)c(Nc2ncc(Cl)cc2Cl)nc2ccnn12. The van der Waals surface area contributed by atoms with E-state index in [1.165, 1.54) is 0 Å². The third-order valence-electron chi connectivity index (χ3n) is 4.07. The van der Waals surface area contributed by atoms with Gasteiger partial charge in [0.15, 0.2) is 5.65 Å². The minimum atomic E-state index is 0.451. The van der Waals surface area contributed by atoms with E-state index in [9.17, 15) is 0 Å². The second-order valence-corrected chi connectivity index (χ2v) is 6.95. The Kier molecular flexibility index (Phi) is 5.84. The second-order valence-electron chi connectivity index (χ2n) is 6.11. The molecule has 3 aromatic rings. The largest absolute Gasteiger partial charge is 0.356 e. The molecule has 0 bridgehead atoms. The first-order chi connectivity index (χ1) is 12.5. The van der Waals surface area contributed by atoms with Crippen LogP contribution in [0.3, 0.4) is 0 Å². The van der Waals surface area contributed by atoms with E-state index in [1.807, 2.05) is 17.5 Å². The zero-order valence-corrected chi connectivity index (χ0v) is 16.6. The molecule has 0 fully saturated rings. The average Bonchev–Trinajstić information content (AvgIpc) is 3.06. The molecule has 0 aliphatic rings. The zero-order valence-electron chi connectivity index (χ0n) is 15.1. The maximum Gasteiger partial charge on any atom is 0.159 e. The maximum atomic E-state index is 6.27. The zero-order chi connectivity index (χ0) is 18.7. The fourth-order valence-electron chi connectivity index (χ4n) is 2.98. The third kappa shape index (κ3) is 3.71. The molecule has 138 valence electrons. The normalized spacial score (nSPS) is 11.1. The van der Waals surface area contributed by atoms with Crippen molar-refractivity contribution < 1.29 is 0 Å².